The third-order valence-electron chi connectivity index (χ3n) is 4.70. The molecule has 1 unspecified atom stereocenters. The SMILES string of the molecule is CCCCCCCCCCc1cc2cnc(OC3CCCO3)nc2o1. The lowest BCUT2D eigenvalue weighted by molar-refractivity contribution is -0.0444. The molecule has 0 spiro atoms. The van der Waals surface area contributed by atoms with E-state index in [0.29, 0.717) is 11.7 Å². The van der Waals surface area contributed by atoms with Crippen LogP contribution in [0.4, 0.5) is 0 Å². The first-order valence-corrected chi connectivity index (χ1v) is 9.89. The molecule has 0 amide bonds. The average Bonchev–Trinajstić information content (AvgIpc) is 3.26. The van der Waals surface area contributed by atoms with Gasteiger partial charge in [-0.25, -0.2) is 4.98 Å². The maximum Gasteiger partial charge on any atom is 0.322 e. The summed E-state index contributed by atoms with van der Waals surface area (Å²) >= 11 is 0. The Morgan fingerprint density at radius 1 is 1.12 bits per heavy atom. The van der Waals surface area contributed by atoms with Crippen molar-refractivity contribution >= 4 is 11.1 Å². The zero-order chi connectivity index (χ0) is 17.3. The van der Waals surface area contributed by atoms with E-state index in [1.54, 1.807) is 6.20 Å². The Labute approximate surface area is 150 Å². The summed E-state index contributed by atoms with van der Waals surface area (Å²) in [5, 5.41) is 0.939. The van der Waals surface area contributed by atoms with Gasteiger partial charge >= 0.3 is 6.01 Å². The smallest absolute Gasteiger partial charge is 0.322 e. The van der Waals surface area contributed by atoms with E-state index in [0.717, 1.165) is 37.0 Å². The van der Waals surface area contributed by atoms with E-state index in [-0.39, 0.29) is 6.29 Å². The number of ether oxygens (including phenoxy) is 2. The Hall–Kier alpha value is -1.62. The Kier molecular flexibility index (Phi) is 7.10. The molecule has 1 aliphatic rings. The van der Waals surface area contributed by atoms with Gasteiger partial charge in [-0.2, -0.15) is 4.98 Å². The van der Waals surface area contributed by atoms with Crippen LogP contribution in [0.1, 0.15) is 76.9 Å². The minimum Gasteiger partial charge on any atom is -0.443 e. The number of hydrogen-bond donors (Lipinski definition) is 0. The summed E-state index contributed by atoms with van der Waals surface area (Å²) in [7, 11) is 0. The van der Waals surface area contributed by atoms with E-state index in [1.165, 1.54) is 51.4 Å². The molecule has 1 aliphatic heterocycles. The second kappa shape index (κ2) is 9.76. The maximum atomic E-state index is 5.86. The van der Waals surface area contributed by atoms with Crippen LogP contribution in [0.15, 0.2) is 16.7 Å². The fraction of sp³-hybridized carbons (Fsp3) is 0.700. The minimum atomic E-state index is -0.218. The van der Waals surface area contributed by atoms with Gasteiger partial charge in [0.2, 0.25) is 12.0 Å². The van der Waals surface area contributed by atoms with E-state index in [2.05, 4.69) is 16.9 Å². The van der Waals surface area contributed by atoms with Crippen LogP contribution >= 0.6 is 0 Å². The lowest BCUT2D eigenvalue weighted by Crippen LogP contribution is -2.15. The first-order chi connectivity index (χ1) is 12.3. The molecular formula is C20H30N2O3. The Balaban J connectivity index is 1.41. The second-order valence-corrected chi connectivity index (χ2v) is 6.91. The van der Waals surface area contributed by atoms with Crippen LogP contribution in [0.25, 0.3) is 11.1 Å². The minimum absolute atomic E-state index is 0.218. The molecule has 3 heterocycles. The van der Waals surface area contributed by atoms with Crippen molar-refractivity contribution in [3.05, 3.63) is 18.0 Å². The van der Waals surface area contributed by atoms with Crippen LogP contribution < -0.4 is 4.74 Å². The molecule has 5 heteroatoms. The Bertz CT molecular complexity index is 635. The summed E-state index contributed by atoms with van der Waals surface area (Å²) < 4.78 is 17.0. The molecule has 0 radical (unpaired) electrons. The predicted octanol–water partition coefficient (Wildman–Crippen LogP) is 5.42. The normalized spacial score (nSPS) is 17.4. The topological polar surface area (TPSA) is 57.4 Å². The molecule has 1 saturated heterocycles. The fourth-order valence-corrected chi connectivity index (χ4v) is 3.24. The van der Waals surface area contributed by atoms with Gasteiger partial charge in [0.15, 0.2) is 0 Å². The van der Waals surface area contributed by atoms with Crippen molar-refractivity contribution in [1.82, 2.24) is 9.97 Å². The molecule has 1 atom stereocenters. The molecule has 0 bridgehead atoms. The van der Waals surface area contributed by atoms with Crippen molar-refractivity contribution in [2.45, 2.75) is 83.8 Å². The number of aromatic nitrogens is 2. The third kappa shape index (κ3) is 5.70. The Morgan fingerprint density at radius 2 is 1.92 bits per heavy atom. The highest BCUT2D eigenvalue weighted by atomic mass is 16.7. The van der Waals surface area contributed by atoms with Crippen molar-refractivity contribution < 1.29 is 13.9 Å². The van der Waals surface area contributed by atoms with Crippen molar-refractivity contribution in [1.29, 1.82) is 0 Å². The van der Waals surface area contributed by atoms with Gasteiger partial charge in [-0.15, -0.1) is 0 Å². The number of rotatable bonds is 11. The monoisotopic (exact) mass is 346 g/mol. The van der Waals surface area contributed by atoms with E-state index < -0.39 is 0 Å². The van der Waals surface area contributed by atoms with Gasteiger partial charge < -0.3 is 13.9 Å². The number of furan rings is 1. The van der Waals surface area contributed by atoms with Crippen molar-refractivity contribution in [3.8, 4) is 6.01 Å². The summed E-state index contributed by atoms with van der Waals surface area (Å²) in [6, 6.07) is 2.39. The van der Waals surface area contributed by atoms with Crippen molar-refractivity contribution in [2.24, 2.45) is 0 Å². The van der Waals surface area contributed by atoms with E-state index in [4.69, 9.17) is 13.9 Å². The van der Waals surface area contributed by atoms with Crippen LogP contribution in [0.5, 0.6) is 6.01 Å². The molecule has 0 aliphatic carbocycles. The highest BCUT2D eigenvalue weighted by Crippen LogP contribution is 2.22. The van der Waals surface area contributed by atoms with Crippen LogP contribution in [-0.4, -0.2) is 22.9 Å². The standard InChI is InChI=1S/C20H30N2O3/c1-2-3-4-5-6-7-8-9-11-17-14-16-15-21-20(22-19(16)24-17)25-18-12-10-13-23-18/h14-15,18H,2-13H2,1H3. The molecule has 2 aromatic rings. The lowest BCUT2D eigenvalue weighted by Gasteiger charge is -2.09. The van der Waals surface area contributed by atoms with E-state index in [1.807, 2.05) is 6.07 Å². The van der Waals surface area contributed by atoms with Crippen molar-refractivity contribution in [2.75, 3.05) is 6.61 Å². The average molecular weight is 346 g/mol. The largest absolute Gasteiger partial charge is 0.443 e. The number of unbranched alkanes of at least 4 members (excludes halogenated alkanes) is 7. The molecular weight excluding hydrogens is 316 g/mol. The highest BCUT2D eigenvalue weighted by Gasteiger charge is 2.18. The lowest BCUT2D eigenvalue weighted by atomic mass is 10.1. The first-order valence-electron chi connectivity index (χ1n) is 9.89. The van der Waals surface area contributed by atoms with Crippen LogP contribution in [0, 0.1) is 0 Å². The Morgan fingerprint density at radius 3 is 2.68 bits per heavy atom. The predicted molar refractivity (Wildman–Crippen MR) is 97.7 cm³/mol. The van der Waals surface area contributed by atoms with Crippen molar-refractivity contribution in [3.63, 3.8) is 0 Å². The molecule has 0 N–H and O–H groups in total. The number of fused-ring (bicyclic) bond motifs is 1. The van der Waals surface area contributed by atoms with Gasteiger partial charge in [0.05, 0.1) is 12.0 Å². The van der Waals surface area contributed by atoms with Gasteiger partial charge in [0.25, 0.3) is 0 Å². The van der Waals surface area contributed by atoms with Crippen LogP contribution in [0.3, 0.4) is 0 Å². The van der Waals surface area contributed by atoms with E-state index in [9.17, 15) is 0 Å². The molecule has 138 valence electrons. The molecule has 0 aromatic carbocycles. The molecule has 1 fully saturated rings. The van der Waals surface area contributed by atoms with Crippen LogP contribution in [0.2, 0.25) is 0 Å². The van der Waals surface area contributed by atoms with Gasteiger partial charge in [0.1, 0.15) is 5.76 Å². The molecule has 5 nitrogen and oxygen atoms in total. The molecule has 2 aromatic heterocycles. The summed E-state index contributed by atoms with van der Waals surface area (Å²) in [4.78, 5) is 8.62. The third-order valence-corrected chi connectivity index (χ3v) is 4.70. The zero-order valence-corrected chi connectivity index (χ0v) is 15.3. The van der Waals surface area contributed by atoms with Gasteiger partial charge in [-0.05, 0) is 18.9 Å². The number of hydrogen-bond acceptors (Lipinski definition) is 5. The highest BCUT2D eigenvalue weighted by molar-refractivity contribution is 5.73. The van der Waals surface area contributed by atoms with Gasteiger partial charge in [-0.3, -0.25) is 0 Å². The quantitative estimate of drug-likeness (QED) is 0.508. The summed E-state index contributed by atoms with van der Waals surface area (Å²) in [5.74, 6) is 0.990. The molecule has 0 saturated carbocycles. The summed E-state index contributed by atoms with van der Waals surface area (Å²) in [6.45, 7) is 3.01. The fourth-order valence-electron chi connectivity index (χ4n) is 3.24. The molecule has 3 rings (SSSR count). The zero-order valence-electron chi connectivity index (χ0n) is 15.3. The summed E-state index contributed by atoms with van der Waals surface area (Å²) in [5.41, 5.74) is 0.609. The molecule has 25 heavy (non-hydrogen) atoms. The maximum absolute atomic E-state index is 5.86. The van der Waals surface area contributed by atoms with E-state index >= 15 is 0 Å². The summed E-state index contributed by atoms with van der Waals surface area (Å²) in [6.07, 6.45) is 15.0. The number of aryl methyl sites for hydroxylation is 1. The van der Waals surface area contributed by atoms with Crippen LogP contribution in [-0.2, 0) is 11.2 Å². The van der Waals surface area contributed by atoms with Gasteiger partial charge in [-0.1, -0.05) is 51.9 Å². The first kappa shape index (κ1) is 18.2. The second-order valence-electron chi connectivity index (χ2n) is 6.91. The van der Waals surface area contributed by atoms with Gasteiger partial charge in [0, 0.05) is 19.0 Å². The number of nitrogens with zero attached hydrogens (tertiary/aromatic N) is 2.